The molecule has 0 saturated carbocycles. The van der Waals surface area contributed by atoms with Gasteiger partial charge in [0.15, 0.2) is 5.78 Å². The molecule has 1 aromatic carbocycles. The number of thiophene rings is 1. The van der Waals surface area contributed by atoms with Crippen LogP contribution in [0.15, 0.2) is 40.2 Å². The Morgan fingerprint density at radius 1 is 1.18 bits per heavy atom. The molecule has 0 spiro atoms. The zero-order valence-electron chi connectivity index (χ0n) is 9.15. The van der Waals surface area contributed by atoms with Gasteiger partial charge in [-0.25, -0.2) is 0 Å². The summed E-state index contributed by atoms with van der Waals surface area (Å²) in [5, 5.41) is 1.96. The smallest absolute Gasteiger partial charge is 0.177 e. The molecule has 0 radical (unpaired) electrons. The summed E-state index contributed by atoms with van der Waals surface area (Å²) in [4.78, 5) is 13.2. The Balaban J connectivity index is 1.86. The van der Waals surface area contributed by atoms with Gasteiger partial charge in [0.25, 0.3) is 0 Å². The highest BCUT2D eigenvalue weighted by Gasteiger charge is 2.29. The van der Waals surface area contributed by atoms with E-state index in [1.54, 1.807) is 0 Å². The van der Waals surface area contributed by atoms with Crippen molar-refractivity contribution in [3.8, 4) is 0 Å². The van der Waals surface area contributed by atoms with E-state index in [0.717, 1.165) is 22.2 Å². The number of benzene rings is 1. The molecule has 0 N–H and O–H groups in total. The predicted molar refractivity (Wildman–Crippen MR) is 73.7 cm³/mol. The molecule has 2 aromatic rings. The number of rotatable bonds is 2. The van der Waals surface area contributed by atoms with Crippen molar-refractivity contribution in [1.82, 2.24) is 0 Å². The lowest BCUT2D eigenvalue weighted by atomic mass is 10.00. The maximum absolute atomic E-state index is 12.4. The SMILES string of the molecule is O=C(c1sccc1Br)C1Cc2ccccc2C1. The van der Waals surface area contributed by atoms with Crippen LogP contribution in [0.25, 0.3) is 0 Å². The Morgan fingerprint density at radius 3 is 2.35 bits per heavy atom. The van der Waals surface area contributed by atoms with E-state index in [2.05, 4.69) is 28.1 Å². The molecule has 0 atom stereocenters. The lowest BCUT2D eigenvalue weighted by molar-refractivity contribution is 0.0928. The fourth-order valence-electron chi connectivity index (χ4n) is 2.40. The summed E-state index contributed by atoms with van der Waals surface area (Å²) >= 11 is 4.97. The minimum atomic E-state index is 0.127. The van der Waals surface area contributed by atoms with E-state index in [1.807, 2.05) is 23.6 Å². The Kier molecular flexibility index (Phi) is 2.89. The summed E-state index contributed by atoms with van der Waals surface area (Å²) in [5.41, 5.74) is 2.66. The third-order valence-electron chi connectivity index (χ3n) is 3.26. The van der Waals surface area contributed by atoms with Gasteiger partial charge in [0.05, 0.1) is 4.88 Å². The number of fused-ring (bicyclic) bond motifs is 1. The predicted octanol–water partition coefficient (Wildman–Crippen LogP) is 4.11. The maximum Gasteiger partial charge on any atom is 0.177 e. The number of Topliss-reactive ketones (excluding diaryl/α,β-unsaturated/α-hetero) is 1. The van der Waals surface area contributed by atoms with Crippen LogP contribution in [0.5, 0.6) is 0 Å². The summed E-state index contributed by atoms with van der Waals surface area (Å²) in [5.74, 6) is 0.408. The average molecular weight is 307 g/mol. The van der Waals surface area contributed by atoms with Gasteiger partial charge in [-0.1, -0.05) is 24.3 Å². The van der Waals surface area contributed by atoms with Crippen molar-refractivity contribution in [2.75, 3.05) is 0 Å². The molecule has 1 nitrogen and oxygen atoms in total. The second-order valence-corrected chi connectivity index (χ2v) is 6.11. The molecule has 0 amide bonds. The van der Waals surface area contributed by atoms with Crippen LogP contribution in [0, 0.1) is 5.92 Å². The van der Waals surface area contributed by atoms with Crippen LogP contribution in [0.3, 0.4) is 0 Å². The Labute approximate surface area is 113 Å². The van der Waals surface area contributed by atoms with Crippen LogP contribution in [0.1, 0.15) is 20.8 Å². The van der Waals surface area contributed by atoms with Crippen molar-refractivity contribution < 1.29 is 4.79 Å². The van der Waals surface area contributed by atoms with E-state index in [-0.39, 0.29) is 11.7 Å². The molecule has 3 heteroatoms. The van der Waals surface area contributed by atoms with E-state index in [1.165, 1.54) is 22.5 Å². The monoisotopic (exact) mass is 306 g/mol. The van der Waals surface area contributed by atoms with Crippen LogP contribution in [0.2, 0.25) is 0 Å². The van der Waals surface area contributed by atoms with Crippen molar-refractivity contribution in [2.24, 2.45) is 5.92 Å². The van der Waals surface area contributed by atoms with Gasteiger partial charge in [-0.15, -0.1) is 11.3 Å². The van der Waals surface area contributed by atoms with E-state index in [0.29, 0.717) is 0 Å². The zero-order chi connectivity index (χ0) is 11.8. The lowest BCUT2D eigenvalue weighted by Crippen LogP contribution is -2.14. The van der Waals surface area contributed by atoms with Crippen molar-refractivity contribution in [2.45, 2.75) is 12.8 Å². The van der Waals surface area contributed by atoms with Gasteiger partial charge in [0.1, 0.15) is 0 Å². The molecule has 1 heterocycles. The number of hydrogen-bond acceptors (Lipinski definition) is 2. The first kappa shape index (κ1) is 11.2. The highest BCUT2D eigenvalue weighted by atomic mass is 79.9. The molecule has 1 aliphatic rings. The molecule has 0 unspecified atom stereocenters. The first-order valence-corrected chi connectivity index (χ1v) is 7.27. The van der Waals surface area contributed by atoms with Gasteiger partial charge in [0, 0.05) is 10.4 Å². The van der Waals surface area contributed by atoms with Crippen LogP contribution >= 0.6 is 27.3 Å². The summed E-state index contributed by atoms with van der Waals surface area (Å²) in [6, 6.07) is 10.3. The molecule has 0 fully saturated rings. The molecule has 1 aromatic heterocycles. The van der Waals surface area contributed by atoms with Gasteiger partial charge in [0.2, 0.25) is 0 Å². The van der Waals surface area contributed by atoms with Crippen molar-refractivity contribution in [1.29, 1.82) is 0 Å². The first-order chi connectivity index (χ1) is 8.25. The summed E-state index contributed by atoms with van der Waals surface area (Å²) < 4.78 is 0.934. The highest BCUT2D eigenvalue weighted by Crippen LogP contribution is 2.32. The van der Waals surface area contributed by atoms with E-state index >= 15 is 0 Å². The molecular formula is C14H11BrOS. The largest absolute Gasteiger partial charge is 0.293 e. The molecule has 1 aliphatic carbocycles. The molecule has 0 aliphatic heterocycles. The van der Waals surface area contributed by atoms with Gasteiger partial charge in [-0.3, -0.25) is 4.79 Å². The topological polar surface area (TPSA) is 17.1 Å². The third kappa shape index (κ3) is 1.98. The second-order valence-electron chi connectivity index (χ2n) is 4.34. The van der Waals surface area contributed by atoms with Crippen molar-refractivity contribution in [3.05, 3.63) is 56.2 Å². The highest BCUT2D eigenvalue weighted by molar-refractivity contribution is 9.10. The summed E-state index contributed by atoms with van der Waals surface area (Å²) in [7, 11) is 0. The minimum absolute atomic E-state index is 0.127. The van der Waals surface area contributed by atoms with Crippen molar-refractivity contribution in [3.63, 3.8) is 0 Å². The molecular weight excluding hydrogens is 296 g/mol. The zero-order valence-corrected chi connectivity index (χ0v) is 11.6. The maximum atomic E-state index is 12.4. The van der Waals surface area contributed by atoms with Crippen LogP contribution in [-0.4, -0.2) is 5.78 Å². The van der Waals surface area contributed by atoms with Gasteiger partial charge >= 0.3 is 0 Å². The average Bonchev–Trinajstić information content (AvgIpc) is 2.93. The van der Waals surface area contributed by atoms with E-state index in [4.69, 9.17) is 0 Å². The van der Waals surface area contributed by atoms with Gasteiger partial charge in [-0.05, 0) is 51.3 Å². The lowest BCUT2D eigenvalue weighted by Gasteiger charge is -2.06. The first-order valence-electron chi connectivity index (χ1n) is 5.59. The number of carbonyl (C=O) groups excluding carboxylic acids is 1. The number of ketones is 1. The number of carbonyl (C=O) groups is 1. The minimum Gasteiger partial charge on any atom is -0.293 e. The standard InChI is InChI=1S/C14H11BrOS/c15-12-5-6-17-14(12)13(16)11-7-9-3-1-2-4-10(9)8-11/h1-6,11H,7-8H2. The number of halogens is 1. The Bertz CT molecular complexity index is 548. The summed E-state index contributed by atoms with van der Waals surface area (Å²) in [6.07, 6.45) is 1.78. The van der Waals surface area contributed by atoms with Crippen LogP contribution < -0.4 is 0 Å². The van der Waals surface area contributed by atoms with Crippen LogP contribution in [-0.2, 0) is 12.8 Å². The third-order valence-corrected chi connectivity index (χ3v) is 5.12. The fraction of sp³-hybridized carbons (Fsp3) is 0.214. The summed E-state index contributed by atoms with van der Waals surface area (Å²) in [6.45, 7) is 0. The van der Waals surface area contributed by atoms with Crippen LogP contribution in [0.4, 0.5) is 0 Å². The molecule has 0 saturated heterocycles. The molecule has 17 heavy (non-hydrogen) atoms. The van der Waals surface area contributed by atoms with E-state index in [9.17, 15) is 4.79 Å². The second kappa shape index (κ2) is 4.39. The Hall–Kier alpha value is -0.930. The van der Waals surface area contributed by atoms with Gasteiger partial charge in [-0.2, -0.15) is 0 Å². The Morgan fingerprint density at radius 2 is 1.82 bits per heavy atom. The van der Waals surface area contributed by atoms with Gasteiger partial charge < -0.3 is 0 Å². The fourth-order valence-corrected chi connectivity index (χ4v) is 3.99. The van der Waals surface area contributed by atoms with E-state index < -0.39 is 0 Å². The molecule has 0 bridgehead atoms. The molecule has 86 valence electrons. The molecule has 3 rings (SSSR count). The quantitative estimate of drug-likeness (QED) is 0.763. The van der Waals surface area contributed by atoms with Crippen molar-refractivity contribution >= 4 is 33.0 Å². The normalized spacial score (nSPS) is 14.9. The number of hydrogen-bond donors (Lipinski definition) is 0.